The van der Waals surface area contributed by atoms with Gasteiger partial charge in [-0.15, -0.1) is 11.3 Å². The molecule has 0 fully saturated rings. The molecule has 0 saturated heterocycles. The Morgan fingerprint density at radius 2 is 2.25 bits per heavy atom. The number of aromatic nitrogens is 2. The lowest BCUT2D eigenvalue weighted by Crippen LogP contribution is -2.38. The van der Waals surface area contributed by atoms with Gasteiger partial charge in [-0.1, -0.05) is 12.1 Å². The van der Waals surface area contributed by atoms with Crippen LogP contribution < -0.4 is 5.32 Å². The van der Waals surface area contributed by atoms with Gasteiger partial charge < -0.3 is 15.2 Å². The van der Waals surface area contributed by atoms with Crippen molar-refractivity contribution < 1.29 is 9.59 Å². The van der Waals surface area contributed by atoms with E-state index in [0.29, 0.717) is 13.1 Å². The number of fused-ring (bicyclic) bond motifs is 1. The van der Waals surface area contributed by atoms with Crippen LogP contribution in [0.4, 0.5) is 0 Å². The molecule has 0 aromatic carbocycles. The Hall–Kier alpha value is -2.93. The van der Waals surface area contributed by atoms with Crippen LogP contribution in [0.15, 0.2) is 48.1 Å². The van der Waals surface area contributed by atoms with Gasteiger partial charge in [0.25, 0.3) is 0 Å². The van der Waals surface area contributed by atoms with E-state index in [-0.39, 0.29) is 24.3 Å². The minimum Gasteiger partial charge on any atom is -0.348 e. The Morgan fingerprint density at radius 3 is 2.96 bits per heavy atom. The first-order chi connectivity index (χ1) is 13.6. The molecule has 0 aliphatic carbocycles. The summed E-state index contributed by atoms with van der Waals surface area (Å²) in [6, 6.07) is 7.62. The summed E-state index contributed by atoms with van der Waals surface area (Å²) in [5.41, 5.74) is 3.27. The van der Waals surface area contributed by atoms with Crippen LogP contribution in [0, 0.1) is 0 Å². The highest BCUT2D eigenvalue weighted by Gasteiger charge is 2.24. The van der Waals surface area contributed by atoms with E-state index in [2.05, 4.69) is 27.4 Å². The number of hydrogen-bond donors (Lipinski definition) is 2. The zero-order valence-corrected chi connectivity index (χ0v) is 16.5. The number of H-pyrrole nitrogens is 1. The van der Waals surface area contributed by atoms with Crippen molar-refractivity contribution in [2.24, 2.45) is 0 Å². The highest BCUT2D eigenvalue weighted by Crippen LogP contribution is 2.29. The van der Waals surface area contributed by atoms with Crippen molar-refractivity contribution in [1.82, 2.24) is 20.2 Å². The van der Waals surface area contributed by atoms with Gasteiger partial charge in [-0.2, -0.15) is 0 Å². The maximum Gasteiger partial charge on any atom is 0.225 e. The maximum absolute atomic E-state index is 12.8. The van der Waals surface area contributed by atoms with E-state index in [1.165, 1.54) is 12.5 Å². The zero-order valence-electron chi connectivity index (χ0n) is 15.6. The Bertz CT molecular complexity index is 1020. The van der Waals surface area contributed by atoms with Gasteiger partial charge in [-0.25, -0.2) is 4.98 Å². The van der Waals surface area contributed by atoms with Gasteiger partial charge in [0.15, 0.2) is 0 Å². The van der Waals surface area contributed by atoms with Gasteiger partial charge in [0, 0.05) is 48.2 Å². The van der Waals surface area contributed by atoms with E-state index in [4.69, 9.17) is 0 Å². The highest BCUT2D eigenvalue weighted by molar-refractivity contribution is 7.10. The molecule has 2 N–H and O–H groups in total. The number of rotatable bonds is 5. The summed E-state index contributed by atoms with van der Waals surface area (Å²) in [5, 5.41) is 5.97. The smallest absolute Gasteiger partial charge is 0.225 e. The third-order valence-corrected chi connectivity index (χ3v) is 5.99. The molecule has 1 unspecified atom stereocenters. The second-order valence-corrected chi connectivity index (χ2v) is 7.87. The molecule has 1 atom stereocenters. The van der Waals surface area contributed by atoms with Gasteiger partial charge in [0.1, 0.15) is 5.65 Å². The van der Waals surface area contributed by atoms with E-state index in [0.717, 1.165) is 27.9 Å². The largest absolute Gasteiger partial charge is 0.348 e. The lowest BCUT2D eigenvalue weighted by atomic mass is 9.99. The fourth-order valence-electron chi connectivity index (χ4n) is 3.62. The van der Waals surface area contributed by atoms with E-state index in [1.807, 2.05) is 34.7 Å². The molecular formula is C21H22N4O2S. The lowest BCUT2D eigenvalue weighted by molar-refractivity contribution is -0.131. The average molecular weight is 395 g/mol. The number of hydrogen-bond acceptors (Lipinski definition) is 4. The van der Waals surface area contributed by atoms with Crippen molar-refractivity contribution in [3.8, 4) is 0 Å². The molecule has 6 nitrogen and oxygen atoms in total. The van der Waals surface area contributed by atoms with Crippen LogP contribution in [0.2, 0.25) is 0 Å². The molecule has 4 rings (SSSR count). The second-order valence-electron chi connectivity index (χ2n) is 6.89. The minimum atomic E-state index is -0.268. The molecule has 1 aliphatic heterocycles. The van der Waals surface area contributed by atoms with Crippen molar-refractivity contribution >= 4 is 39.8 Å². The summed E-state index contributed by atoms with van der Waals surface area (Å²) in [6.45, 7) is 2.74. The summed E-state index contributed by atoms with van der Waals surface area (Å²) >= 11 is 1.55. The Kier molecular flexibility index (Phi) is 5.25. The molecule has 7 heteroatoms. The lowest BCUT2D eigenvalue weighted by Gasteiger charge is -2.28. The fourth-order valence-corrected chi connectivity index (χ4v) is 4.40. The van der Waals surface area contributed by atoms with Gasteiger partial charge in [-0.3, -0.25) is 9.59 Å². The topological polar surface area (TPSA) is 78.1 Å². The predicted octanol–water partition coefficient (Wildman–Crippen LogP) is 3.51. The van der Waals surface area contributed by atoms with E-state index < -0.39 is 0 Å². The molecule has 0 radical (unpaired) electrons. The second kappa shape index (κ2) is 7.98. The SMILES string of the molecule is CC(=O)NC(CC(=O)N1CC=C(c2c[nH]c3ncccc23)CC1)c1cccs1. The van der Waals surface area contributed by atoms with Gasteiger partial charge in [0.2, 0.25) is 11.8 Å². The number of aromatic amines is 1. The van der Waals surface area contributed by atoms with Crippen molar-refractivity contribution in [3.63, 3.8) is 0 Å². The van der Waals surface area contributed by atoms with Crippen LogP contribution in [0.5, 0.6) is 0 Å². The van der Waals surface area contributed by atoms with Crippen LogP contribution >= 0.6 is 11.3 Å². The van der Waals surface area contributed by atoms with E-state index in [1.54, 1.807) is 17.5 Å². The molecular weight excluding hydrogens is 372 g/mol. The number of carbonyl (C=O) groups is 2. The van der Waals surface area contributed by atoms with Crippen molar-refractivity contribution in [3.05, 3.63) is 58.6 Å². The molecule has 0 spiro atoms. The molecule has 2 amide bonds. The third kappa shape index (κ3) is 3.84. The minimum absolute atomic E-state index is 0.0584. The van der Waals surface area contributed by atoms with Crippen molar-refractivity contribution in [1.29, 1.82) is 0 Å². The molecule has 28 heavy (non-hydrogen) atoms. The maximum atomic E-state index is 12.8. The normalized spacial score (nSPS) is 15.3. The Labute approximate surface area is 167 Å². The molecule has 3 aromatic rings. The monoisotopic (exact) mass is 394 g/mol. The van der Waals surface area contributed by atoms with E-state index in [9.17, 15) is 9.59 Å². The molecule has 144 valence electrons. The molecule has 1 aliphatic rings. The van der Waals surface area contributed by atoms with Gasteiger partial charge in [-0.05, 0) is 35.6 Å². The summed E-state index contributed by atoms with van der Waals surface area (Å²) < 4.78 is 0. The van der Waals surface area contributed by atoms with E-state index >= 15 is 0 Å². The third-order valence-electron chi connectivity index (χ3n) is 5.00. The first kappa shape index (κ1) is 18.4. The van der Waals surface area contributed by atoms with Crippen molar-refractivity contribution in [2.45, 2.75) is 25.8 Å². The standard InChI is InChI=1S/C21H22N4O2S/c1-14(26)24-18(19-5-3-11-28-19)12-20(27)25-9-6-15(7-10-25)17-13-23-21-16(17)4-2-8-22-21/h2-6,8,11,13,18H,7,9-10,12H2,1H3,(H,22,23)(H,24,26). The molecule has 3 aromatic heterocycles. The predicted molar refractivity (Wildman–Crippen MR) is 111 cm³/mol. The summed E-state index contributed by atoms with van der Waals surface area (Å²) in [7, 11) is 0. The summed E-state index contributed by atoms with van der Waals surface area (Å²) in [4.78, 5) is 34.8. The number of thiophene rings is 1. The Morgan fingerprint density at radius 1 is 1.36 bits per heavy atom. The quantitative estimate of drug-likeness (QED) is 0.695. The molecule has 0 bridgehead atoms. The van der Waals surface area contributed by atoms with Gasteiger partial charge >= 0.3 is 0 Å². The zero-order chi connectivity index (χ0) is 19.5. The average Bonchev–Trinajstić information content (AvgIpc) is 3.37. The molecule has 4 heterocycles. The number of carbonyl (C=O) groups excluding carboxylic acids is 2. The van der Waals surface area contributed by atoms with Crippen LogP contribution in [0.1, 0.15) is 36.2 Å². The number of nitrogens with one attached hydrogen (secondary N) is 2. The summed E-state index contributed by atoms with van der Waals surface area (Å²) in [6.07, 6.45) is 6.97. The fraction of sp³-hybridized carbons (Fsp3) is 0.286. The van der Waals surface area contributed by atoms with Crippen LogP contribution in [-0.2, 0) is 9.59 Å². The highest BCUT2D eigenvalue weighted by atomic mass is 32.1. The van der Waals surface area contributed by atoms with Crippen LogP contribution in [-0.4, -0.2) is 39.8 Å². The summed E-state index contributed by atoms with van der Waals surface area (Å²) in [5.74, 6) is -0.0667. The van der Waals surface area contributed by atoms with Crippen LogP contribution in [0.25, 0.3) is 16.6 Å². The van der Waals surface area contributed by atoms with Gasteiger partial charge in [0.05, 0.1) is 12.5 Å². The first-order valence-electron chi connectivity index (χ1n) is 9.31. The first-order valence-corrected chi connectivity index (χ1v) is 10.2. The van der Waals surface area contributed by atoms with Crippen molar-refractivity contribution in [2.75, 3.05) is 13.1 Å². The molecule has 0 saturated carbocycles. The number of amides is 2. The van der Waals surface area contributed by atoms with Crippen LogP contribution in [0.3, 0.4) is 0 Å². The Balaban J connectivity index is 1.45. The number of nitrogens with zero attached hydrogens (tertiary/aromatic N) is 2. The number of pyridine rings is 1.